The first-order valence-electron chi connectivity index (χ1n) is 11.2. The quantitative estimate of drug-likeness (QED) is 0.382. The van der Waals surface area contributed by atoms with Gasteiger partial charge in [-0.15, -0.1) is 10.2 Å². The molecule has 0 aliphatic heterocycles. The van der Waals surface area contributed by atoms with Gasteiger partial charge in [0.2, 0.25) is 11.7 Å². The van der Waals surface area contributed by atoms with Crippen molar-refractivity contribution < 1.29 is 9.53 Å². The number of para-hydroxylation sites is 1. The highest BCUT2D eigenvalue weighted by molar-refractivity contribution is 7.99. The second-order valence-corrected chi connectivity index (χ2v) is 9.59. The van der Waals surface area contributed by atoms with E-state index in [1.165, 1.54) is 24.6 Å². The van der Waals surface area contributed by atoms with Gasteiger partial charge in [-0.05, 0) is 50.2 Å². The van der Waals surface area contributed by atoms with Crippen LogP contribution in [0.1, 0.15) is 39.0 Å². The molecule has 0 unspecified atom stereocenters. The molecule has 0 bridgehead atoms. The highest BCUT2D eigenvalue weighted by Crippen LogP contribution is 2.27. The molecule has 0 radical (unpaired) electrons. The Hall–Kier alpha value is -2.39. The van der Waals surface area contributed by atoms with E-state index in [0.29, 0.717) is 47.7 Å². The lowest BCUT2D eigenvalue weighted by atomic mass is 9.87. The first kappa shape index (κ1) is 22.8. The van der Waals surface area contributed by atoms with E-state index in [0.717, 1.165) is 24.3 Å². The summed E-state index contributed by atoms with van der Waals surface area (Å²) in [5, 5.41) is 9.89. The van der Waals surface area contributed by atoms with Gasteiger partial charge in [0.15, 0.2) is 5.16 Å². The van der Waals surface area contributed by atoms with Crippen molar-refractivity contribution in [1.82, 2.24) is 24.1 Å². The van der Waals surface area contributed by atoms with Crippen LogP contribution in [0, 0.1) is 5.92 Å². The van der Waals surface area contributed by atoms with Crippen LogP contribution in [-0.2, 0) is 16.1 Å². The molecule has 172 valence electrons. The number of aryl methyl sites for hydroxylation is 1. The molecule has 32 heavy (non-hydrogen) atoms. The minimum absolute atomic E-state index is 0.0875. The fraction of sp³-hybridized carbons (Fsp3) is 0.565. The Balaban J connectivity index is 1.59. The average molecular weight is 458 g/mol. The third kappa shape index (κ3) is 4.54. The van der Waals surface area contributed by atoms with Crippen molar-refractivity contribution in [2.24, 2.45) is 5.92 Å². The molecule has 4 rings (SSSR count). The summed E-state index contributed by atoms with van der Waals surface area (Å²) >= 11 is 1.37. The molecule has 9 heteroatoms. The smallest absolute Gasteiger partial charge is 0.262 e. The van der Waals surface area contributed by atoms with E-state index in [1.54, 1.807) is 11.7 Å². The highest BCUT2D eigenvalue weighted by Gasteiger charge is 2.25. The Morgan fingerprint density at radius 3 is 2.72 bits per heavy atom. The van der Waals surface area contributed by atoms with Gasteiger partial charge in [0.05, 0.1) is 16.7 Å². The molecule has 0 saturated heterocycles. The van der Waals surface area contributed by atoms with Gasteiger partial charge in [-0.2, -0.15) is 0 Å². The zero-order valence-electron chi connectivity index (χ0n) is 19.0. The first-order chi connectivity index (χ1) is 15.5. The molecule has 8 nitrogen and oxygen atoms in total. The number of methoxy groups -OCH3 is 1. The predicted octanol–water partition coefficient (Wildman–Crippen LogP) is 3.21. The van der Waals surface area contributed by atoms with E-state index >= 15 is 0 Å². The topological polar surface area (TPSA) is 81.7 Å². The van der Waals surface area contributed by atoms with Gasteiger partial charge in [-0.1, -0.05) is 30.8 Å². The monoisotopic (exact) mass is 457 g/mol. The number of thioether (sulfide) groups is 1. The largest absolute Gasteiger partial charge is 0.385 e. The molecular weight excluding hydrogens is 426 g/mol. The van der Waals surface area contributed by atoms with Crippen LogP contribution in [0.25, 0.3) is 16.7 Å². The van der Waals surface area contributed by atoms with Gasteiger partial charge in [0.25, 0.3) is 5.56 Å². The van der Waals surface area contributed by atoms with Crippen molar-refractivity contribution in [3.05, 3.63) is 34.6 Å². The summed E-state index contributed by atoms with van der Waals surface area (Å²) in [6.07, 6.45) is 5.19. The Morgan fingerprint density at radius 1 is 1.22 bits per heavy atom. The Labute approximate surface area is 191 Å². The third-order valence-electron chi connectivity index (χ3n) is 6.46. The van der Waals surface area contributed by atoms with Gasteiger partial charge < -0.3 is 9.64 Å². The number of rotatable bonds is 8. The molecule has 2 aromatic heterocycles. The summed E-state index contributed by atoms with van der Waals surface area (Å²) in [5.74, 6) is 1.64. The summed E-state index contributed by atoms with van der Waals surface area (Å²) in [4.78, 5) is 27.9. The molecule has 1 amide bonds. The molecule has 1 aromatic carbocycles. The molecule has 1 aliphatic carbocycles. The highest BCUT2D eigenvalue weighted by atomic mass is 32.2. The van der Waals surface area contributed by atoms with E-state index in [2.05, 4.69) is 17.1 Å². The second-order valence-electron chi connectivity index (χ2n) is 8.65. The molecule has 1 saturated carbocycles. The number of hydrogen-bond donors (Lipinski definition) is 0. The molecule has 0 N–H and O–H groups in total. The standard InChI is InChI=1S/C23H31N5O3S/c1-16-9-11-17(12-10-16)26(2)20(29)15-32-23-25-24-22-27(13-6-14-31-3)21(30)18-7-4-5-8-19(18)28(22)23/h4-5,7-8,16-17H,6,9-15H2,1-3H3. The zero-order valence-corrected chi connectivity index (χ0v) is 19.8. The lowest BCUT2D eigenvalue weighted by Gasteiger charge is -2.33. The van der Waals surface area contributed by atoms with Gasteiger partial charge >= 0.3 is 0 Å². The maximum Gasteiger partial charge on any atom is 0.262 e. The molecule has 3 aromatic rings. The molecule has 0 spiro atoms. The fourth-order valence-corrected chi connectivity index (χ4v) is 5.32. The summed E-state index contributed by atoms with van der Waals surface area (Å²) in [6.45, 7) is 3.33. The Morgan fingerprint density at radius 2 is 1.97 bits per heavy atom. The van der Waals surface area contributed by atoms with Gasteiger partial charge in [-0.25, -0.2) is 0 Å². The van der Waals surface area contributed by atoms with Crippen molar-refractivity contribution in [3.8, 4) is 0 Å². The Bertz CT molecular complexity index is 1150. The Kier molecular flexibility index (Phi) is 7.15. The van der Waals surface area contributed by atoms with Crippen molar-refractivity contribution in [1.29, 1.82) is 0 Å². The minimum atomic E-state index is -0.0875. The number of hydrogen-bond acceptors (Lipinski definition) is 6. The van der Waals surface area contributed by atoms with Crippen molar-refractivity contribution >= 4 is 34.3 Å². The lowest BCUT2D eigenvalue weighted by molar-refractivity contribution is -0.129. The SMILES string of the molecule is COCCCn1c(=O)c2ccccc2n2c(SCC(=O)N(C)C3CCC(C)CC3)nnc12. The van der Waals surface area contributed by atoms with Crippen LogP contribution in [0.15, 0.2) is 34.2 Å². The molecule has 1 aliphatic rings. The summed E-state index contributed by atoms with van der Waals surface area (Å²) in [5.41, 5.74) is 0.667. The maximum atomic E-state index is 13.1. The summed E-state index contributed by atoms with van der Waals surface area (Å²) in [7, 11) is 3.56. The van der Waals surface area contributed by atoms with Crippen LogP contribution < -0.4 is 5.56 Å². The summed E-state index contributed by atoms with van der Waals surface area (Å²) in [6, 6.07) is 7.79. The fourth-order valence-electron chi connectivity index (χ4n) is 4.46. The average Bonchev–Trinajstić information content (AvgIpc) is 3.23. The number of amides is 1. The van der Waals surface area contributed by atoms with Crippen LogP contribution in [0.5, 0.6) is 0 Å². The first-order valence-corrected chi connectivity index (χ1v) is 12.2. The van der Waals surface area contributed by atoms with Gasteiger partial charge in [-0.3, -0.25) is 18.6 Å². The van der Waals surface area contributed by atoms with E-state index in [4.69, 9.17) is 4.74 Å². The van der Waals surface area contributed by atoms with E-state index in [-0.39, 0.29) is 11.5 Å². The molecule has 1 fully saturated rings. The van der Waals surface area contributed by atoms with Crippen LogP contribution in [0.3, 0.4) is 0 Å². The van der Waals surface area contributed by atoms with E-state index < -0.39 is 0 Å². The minimum Gasteiger partial charge on any atom is -0.385 e. The van der Waals surface area contributed by atoms with E-state index in [9.17, 15) is 9.59 Å². The van der Waals surface area contributed by atoms with Gasteiger partial charge in [0, 0.05) is 33.4 Å². The van der Waals surface area contributed by atoms with Crippen molar-refractivity contribution in [2.45, 2.75) is 56.8 Å². The normalized spacial score (nSPS) is 19.0. The van der Waals surface area contributed by atoms with E-state index in [1.807, 2.05) is 40.6 Å². The second kappa shape index (κ2) is 10.0. The molecule has 0 atom stereocenters. The maximum absolute atomic E-state index is 13.1. The van der Waals surface area contributed by atoms with Crippen LogP contribution in [-0.4, -0.2) is 62.5 Å². The van der Waals surface area contributed by atoms with Crippen LogP contribution in [0.4, 0.5) is 0 Å². The number of benzene rings is 1. The molecule has 2 heterocycles. The third-order valence-corrected chi connectivity index (χ3v) is 7.37. The lowest BCUT2D eigenvalue weighted by Crippen LogP contribution is -2.40. The van der Waals surface area contributed by atoms with Crippen LogP contribution in [0.2, 0.25) is 0 Å². The number of nitrogens with zero attached hydrogens (tertiary/aromatic N) is 5. The van der Waals surface area contributed by atoms with Crippen molar-refractivity contribution in [3.63, 3.8) is 0 Å². The number of aromatic nitrogens is 4. The zero-order chi connectivity index (χ0) is 22.7. The number of fused-ring (bicyclic) bond motifs is 3. The number of ether oxygens (including phenoxy) is 1. The summed E-state index contributed by atoms with van der Waals surface area (Å²) < 4.78 is 8.69. The number of carbonyl (C=O) groups is 1. The van der Waals surface area contributed by atoms with Crippen molar-refractivity contribution in [2.75, 3.05) is 26.5 Å². The van der Waals surface area contributed by atoms with Crippen LogP contribution >= 0.6 is 11.8 Å². The number of carbonyl (C=O) groups excluding carboxylic acids is 1. The van der Waals surface area contributed by atoms with Gasteiger partial charge in [0.1, 0.15) is 0 Å². The predicted molar refractivity (Wildman–Crippen MR) is 126 cm³/mol. The molecular formula is C23H31N5O3S.